The van der Waals surface area contributed by atoms with Crippen LogP contribution in [-0.2, 0) is 0 Å². The number of rotatable bonds is 15. The lowest BCUT2D eigenvalue weighted by atomic mass is 10.0. The van der Waals surface area contributed by atoms with Crippen molar-refractivity contribution in [2.75, 3.05) is 6.61 Å². The van der Waals surface area contributed by atoms with Gasteiger partial charge in [-0.1, -0.05) is 71.8 Å². The first-order valence-corrected chi connectivity index (χ1v) is 10.2. The van der Waals surface area contributed by atoms with Gasteiger partial charge in [0.2, 0.25) is 0 Å². The molecule has 0 saturated heterocycles. The second kappa shape index (κ2) is 14.9. The average Bonchev–Trinajstić information content (AvgIpc) is 2.64. The van der Waals surface area contributed by atoms with Crippen LogP contribution in [0.4, 0.5) is 0 Å². The summed E-state index contributed by atoms with van der Waals surface area (Å²) >= 11 is 0. The lowest BCUT2D eigenvalue weighted by Crippen LogP contribution is -2.00. The highest BCUT2D eigenvalue weighted by molar-refractivity contribution is 5.39. The molecule has 0 aliphatic heterocycles. The van der Waals surface area contributed by atoms with Crippen molar-refractivity contribution >= 4 is 0 Å². The van der Waals surface area contributed by atoms with Crippen molar-refractivity contribution in [2.24, 2.45) is 5.92 Å². The summed E-state index contributed by atoms with van der Waals surface area (Å²) in [6.07, 6.45) is 16.3. The fraction of sp³-hybridized carbons (Fsp3) is 0.652. The van der Waals surface area contributed by atoms with Crippen LogP contribution in [0.2, 0.25) is 0 Å². The van der Waals surface area contributed by atoms with Gasteiger partial charge in [0.15, 0.2) is 11.5 Å². The van der Waals surface area contributed by atoms with Crippen LogP contribution in [0.3, 0.4) is 0 Å². The van der Waals surface area contributed by atoms with E-state index in [4.69, 9.17) is 9.47 Å². The molecule has 2 nitrogen and oxygen atoms in total. The smallest absolute Gasteiger partial charge is 0.168 e. The Hall–Kier alpha value is -1.44. The molecule has 1 rings (SSSR count). The van der Waals surface area contributed by atoms with Gasteiger partial charge in [-0.05, 0) is 49.5 Å². The fourth-order valence-electron chi connectivity index (χ4n) is 2.65. The van der Waals surface area contributed by atoms with Gasteiger partial charge in [0.1, 0.15) is 0 Å². The molecule has 1 unspecified atom stereocenters. The summed E-state index contributed by atoms with van der Waals surface area (Å²) < 4.78 is 11.6. The molecule has 25 heavy (non-hydrogen) atoms. The lowest BCUT2D eigenvalue weighted by molar-refractivity contribution is 0.289. The molecule has 0 spiro atoms. The Balaban J connectivity index is 2.23. The zero-order chi connectivity index (χ0) is 18.2. The van der Waals surface area contributed by atoms with E-state index in [-0.39, 0.29) is 0 Å². The first kappa shape index (κ1) is 21.6. The monoisotopic (exact) mass is 345 g/mol. The van der Waals surface area contributed by atoms with E-state index in [1.165, 1.54) is 51.4 Å². The molecule has 0 N–H and O–H groups in total. The molecule has 0 aliphatic rings. The molecule has 1 radical (unpaired) electrons. The molecule has 0 heterocycles. The van der Waals surface area contributed by atoms with Crippen molar-refractivity contribution in [3.05, 3.63) is 36.6 Å². The van der Waals surface area contributed by atoms with Gasteiger partial charge in [0, 0.05) is 0 Å². The molecule has 0 aliphatic carbocycles. The molecule has 0 saturated carbocycles. The van der Waals surface area contributed by atoms with E-state index in [0.29, 0.717) is 0 Å². The SMILES string of the molecule is CCCCCCC=COc1c[c]ccc1OCCCCCC(C)CC. The van der Waals surface area contributed by atoms with E-state index in [0.717, 1.165) is 36.9 Å². The Morgan fingerprint density at radius 1 is 1.04 bits per heavy atom. The Morgan fingerprint density at radius 2 is 1.88 bits per heavy atom. The highest BCUT2D eigenvalue weighted by Crippen LogP contribution is 2.26. The van der Waals surface area contributed by atoms with Crippen molar-refractivity contribution < 1.29 is 9.47 Å². The third-order valence-corrected chi connectivity index (χ3v) is 4.60. The topological polar surface area (TPSA) is 18.5 Å². The maximum absolute atomic E-state index is 5.90. The minimum absolute atomic E-state index is 0.752. The molecule has 1 atom stereocenters. The lowest BCUT2D eigenvalue weighted by Gasteiger charge is -2.11. The molecule has 2 heteroatoms. The highest BCUT2D eigenvalue weighted by Gasteiger charge is 2.03. The quantitative estimate of drug-likeness (QED) is 0.244. The van der Waals surface area contributed by atoms with Crippen LogP contribution in [0.15, 0.2) is 30.5 Å². The Kier molecular flexibility index (Phi) is 12.8. The summed E-state index contributed by atoms with van der Waals surface area (Å²) in [5, 5.41) is 0. The van der Waals surface area contributed by atoms with Crippen molar-refractivity contribution in [3.63, 3.8) is 0 Å². The summed E-state index contributed by atoms with van der Waals surface area (Å²) in [5.74, 6) is 2.42. The second-order valence-electron chi connectivity index (χ2n) is 6.92. The van der Waals surface area contributed by atoms with Crippen molar-refractivity contribution in [2.45, 2.75) is 85.0 Å². The van der Waals surface area contributed by atoms with Crippen molar-refractivity contribution in [1.29, 1.82) is 0 Å². The Morgan fingerprint density at radius 3 is 2.68 bits per heavy atom. The largest absolute Gasteiger partial charge is 0.490 e. The Bertz CT molecular complexity index is 453. The molecule has 141 valence electrons. The number of hydrogen-bond acceptors (Lipinski definition) is 2. The van der Waals surface area contributed by atoms with Crippen molar-refractivity contribution in [1.82, 2.24) is 0 Å². The van der Waals surface area contributed by atoms with Crippen LogP contribution >= 0.6 is 0 Å². The molecule has 0 fully saturated rings. The molecular formula is C23H37O2. The normalized spacial score (nSPS) is 12.4. The molecule has 0 bridgehead atoms. The molecule has 0 amide bonds. The third kappa shape index (κ3) is 10.9. The summed E-state index contributed by atoms with van der Waals surface area (Å²) in [5.41, 5.74) is 0. The fourth-order valence-corrected chi connectivity index (χ4v) is 2.65. The zero-order valence-electron chi connectivity index (χ0n) is 16.6. The third-order valence-electron chi connectivity index (χ3n) is 4.60. The Labute approximate surface area is 155 Å². The molecular weight excluding hydrogens is 308 g/mol. The van der Waals surface area contributed by atoms with E-state index >= 15 is 0 Å². The summed E-state index contributed by atoms with van der Waals surface area (Å²) in [7, 11) is 0. The van der Waals surface area contributed by atoms with Crippen LogP contribution in [0.25, 0.3) is 0 Å². The maximum Gasteiger partial charge on any atom is 0.168 e. The maximum atomic E-state index is 5.90. The predicted molar refractivity (Wildman–Crippen MR) is 107 cm³/mol. The van der Waals surface area contributed by atoms with Crippen LogP contribution < -0.4 is 9.47 Å². The van der Waals surface area contributed by atoms with E-state index in [1.54, 1.807) is 6.26 Å². The second-order valence-corrected chi connectivity index (χ2v) is 6.92. The summed E-state index contributed by atoms with van der Waals surface area (Å²) in [6, 6.07) is 8.72. The van der Waals surface area contributed by atoms with Gasteiger partial charge in [0.25, 0.3) is 0 Å². The van der Waals surface area contributed by atoms with Gasteiger partial charge in [-0.15, -0.1) is 0 Å². The van der Waals surface area contributed by atoms with Gasteiger partial charge < -0.3 is 9.47 Å². The predicted octanol–water partition coefficient (Wildman–Crippen LogP) is 7.33. The molecule has 1 aromatic carbocycles. The number of allylic oxidation sites excluding steroid dienone is 1. The summed E-state index contributed by atoms with van der Waals surface area (Å²) in [4.78, 5) is 0. The van der Waals surface area contributed by atoms with Gasteiger partial charge in [-0.2, -0.15) is 0 Å². The van der Waals surface area contributed by atoms with E-state index < -0.39 is 0 Å². The average molecular weight is 346 g/mol. The standard InChI is InChI=1S/C23H37O2/c1-4-6-7-8-9-14-19-24-22-17-12-13-18-23(22)25-20-15-10-11-16-21(3)5-2/h13-14,17-19,21H,4-11,15-16,20H2,1-3H3. The van der Waals surface area contributed by atoms with E-state index in [2.05, 4.69) is 32.9 Å². The number of ether oxygens (including phenoxy) is 2. The first-order valence-electron chi connectivity index (χ1n) is 10.2. The minimum atomic E-state index is 0.752. The van der Waals surface area contributed by atoms with E-state index in [9.17, 15) is 0 Å². The van der Waals surface area contributed by atoms with Crippen LogP contribution in [0, 0.1) is 12.0 Å². The van der Waals surface area contributed by atoms with Gasteiger partial charge in [0.05, 0.1) is 12.9 Å². The summed E-state index contributed by atoms with van der Waals surface area (Å²) in [6.45, 7) is 7.58. The number of hydrogen-bond donors (Lipinski definition) is 0. The van der Waals surface area contributed by atoms with Gasteiger partial charge in [-0.3, -0.25) is 0 Å². The van der Waals surface area contributed by atoms with Crippen LogP contribution in [0.5, 0.6) is 11.5 Å². The van der Waals surface area contributed by atoms with Crippen LogP contribution in [-0.4, -0.2) is 6.61 Å². The van der Waals surface area contributed by atoms with Crippen LogP contribution in [0.1, 0.15) is 85.0 Å². The molecule has 0 aromatic heterocycles. The van der Waals surface area contributed by atoms with E-state index in [1.807, 2.05) is 18.2 Å². The van der Waals surface area contributed by atoms with Gasteiger partial charge >= 0.3 is 0 Å². The zero-order valence-corrected chi connectivity index (χ0v) is 16.6. The number of benzene rings is 1. The highest BCUT2D eigenvalue weighted by atomic mass is 16.5. The van der Waals surface area contributed by atoms with Gasteiger partial charge in [-0.25, -0.2) is 0 Å². The van der Waals surface area contributed by atoms with Crippen molar-refractivity contribution in [3.8, 4) is 11.5 Å². The first-order chi connectivity index (χ1) is 12.3. The number of unbranched alkanes of at least 4 members (excludes halogenated alkanes) is 6. The minimum Gasteiger partial charge on any atom is -0.490 e. The molecule has 1 aromatic rings.